The normalized spacial score (nSPS) is 10.4. The van der Waals surface area contributed by atoms with Gasteiger partial charge in [0.2, 0.25) is 0 Å². The fourth-order valence-electron chi connectivity index (χ4n) is 2.05. The number of nitrogens with zero attached hydrogens (tertiary/aromatic N) is 1. The lowest BCUT2D eigenvalue weighted by atomic mass is 9.95. The molecule has 0 atom stereocenters. The molecule has 1 nitrogen and oxygen atoms in total. The van der Waals surface area contributed by atoms with E-state index >= 15 is 0 Å². The Morgan fingerprint density at radius 1 is 1.00 bits per heavy atom. The third kappa shape index (κ3) is 2.43. The molecule has 90 valence electrons. The minimum atomic E-state index is 0.535. The van der Waals surface area contributed by atoms with Gasteiger partial charge in [-0.1, -0.05) is 50.2 Å². The maximum absolute atomic E-state index is 9.20. The van der Waals surface area contributed by atoms with Crippen molar-refractivity contribution >= 4 is 0 Å². The molecular weight excluding hydrogens is 218 g/mol. The summed E-state index contributed by atoms with van der Waals surface area (Å²) in [6.45, 7) is 6.37. The van der Waals surface area contributed by atoms with Crippen LogP contribution >= 0.6 is 0 Å². The van der Waals surface area contributed by atoms with E-state index < -0.39 is 0 Å². The van der Waals surface area contributed by atoms with Crippen molar-refractivity contribution in [1.82, 2.24) is 0 Å². The highest BCUT2D eigenvalue weighted by Gasteiger charge is 2.06. The van der Waals surface area contributed by atoms with Crippen LogP contribution in [0, 0.1) is 18.3 Å². The van der Waals surface area contributed by atoms with Gasteiger partial charge < -0.3 is 0 Å². The standard InChI is InChI=1S/C17H17N/c1-12(2)14-5-7-15(8-6-14)17-9-4-13(3)10-16(17)11-18/h4-10,12H,1-3H3. The van der Waals surface area contributed by atoms with Crippen molar-refractivity contribution in [1.29, 1.82) is 5.26 Å². The van der Waals surface area contributed by atoms with Crippen molar-refractivity contribution in [3.8, 4) is 17.2 Å². The van der Waals surface area contributed by atoms with Crippen LogP contribution < -0.4 is 0 Å². The number of aryl methyl sites for hydroxylation is 1. The molecule has 0 saturated carbocycles. The Labute approximate surface area is 109 Å². The molecule has 0 fully saturated rings. The zero-order valence-electron chi connectivity index (χ0n) is 11.1. The average molecular weight is 235 g/mol. The first-order chi connectivity index (χ1) is 8.61. The topological polar surface area (TPSA) is 23.8 Å². The van der Waals surface area contributed by atoms with Crippen molar-refractivity contribution in [3.05, 3.63) is 59.2 Å². The minimum Gasteiger partial charge on any atom is -0.192 e. The van der Waals surface area contributed by atoms with Gasteiger partial charge in [0, 0.05) is 0 Å². The molecule has 0 bridgehead atoms. The Balaban J connectivity index is 2.46. The lowest BCUT2D eigenvalue weighted by Crippen LogP contribution is -1.89. The first-order valence-corrected chi connectivity index (χ1v) is 6.23. The molecule has 2 rings (SSSR count). The van der Waals surface area contributed by atoms with E-state index in [1.807, 2.05) is 25.1 Å². The molecule has 0 amide bonds. The third-order valence-electron chi connectivity index (χ3n) is 3.18. The monoisotopic (exact) mass is 235 g/mol. The van der Waals surface area contributed by atoms with Crippen LogP contribution in [0.5, 0.6) is 0 Å². The summed E-state index contributed by atoms with van der Waals surface area (Å²) in [5.74, 6) is 0.535. The lowest BCUT2D eigenvalue weighted by molar-refractivity contribution is 0.867. The maximum Gasteiger partial charge on any atom is 0.0998 e. The molecule has 0 saturated heterocycles. The van der Waals surface area contributed by atoms with Crippen molar-refractivity contribution in [2.45, 2.75) is 26.7 Å². The van der Waals surface area contributed by atoms with Crippen LogP contribution in [-0.4, -0.2) is 0 Å². The molecule has 0 radical (unpaired) electrons. The van der Waals surface area contributed by atoms with Crippen molar-refractivity contribution in [2.24, 2.45) is 0 Å². The summed E-state index contributed by atoms with van der Waals surface area (Å²) < 4.78 is 0. The smallest absolute Gasteiger partial charge is 0.0998 e. The van der Waals surface area contributed by atoms with Crippen LogP contribution in [0.3, 0.4) is 0 Å². The Morgan fingerprint density at radius 2 is 1.67 bits per heavy atom. The summed E-state index contributed by atoms with van der Waals surface area (Å²) >= 11 is 0. The van der Waals surface area contributed by atoms with E-state index in [1.165, 1.54) is 5.56 Å². The Hall–Kier alpha value is -2.07. The summed E-state index contributed by atoms with van der Waals surface area (Å²) in [6.07, 6.45) is 0. The molecule has 0 aliphatic rings. The quantitative estimate of drug-likeness (QED) is 0.742. The zero-order chi connectivity index (χ0) is 13.1. The summed E-state index contributed by atoms with van der Waals surface area (Å²) in [4.78, 5) is 0. The molecule has 2 aromatic rings. The first-order valence-electron chi connectivity index (χ1n) is 6.23. The Bertz CT molecular complexity index is 586. The second kappa shape index (κ2) is 5.06. The molecule has 0 aliphatic carbocycles. The van der Waals surface area contributed by atoms with E-state index in [2.05, 4.69) is 44.2 Å². The fourth-order valence-corrected chi connectivity index (χ4v) is 2.05. The van der Waals surface area contributed by atoms with Gasteiger partial charge in [0.05, 0.1) is 11.6 Å². The second-order valence-corrected chi connectivity index (χ2v) is 4.94. The van der Waals surface area contributed by atoms with Crippen LogP contribution in [0.15, 0.2) is 42.5 Å². The molecule has 1 heteroatoms. The van der Waals surface area contributed by atoms with Crippen LogP contribution in [0.4, 0.5) is 0 Å². The summed E-state index contributed by atoms with van der Waals surface area (Å²) in [5, 5.41) is 9.20. The SMILES string of the molecule is Cc1ccc(-c2ccc(C(C)C)cc2)c(C#N)c1. The zero-order valence-corrected chi connectivity index (χ0v) is 11.1. The van der Waals surface area contributed by atoms with Gasteiger partial charge in [-0.15, -0.1) is 0 Å². The molecule has 18 heavy (non-hydrogen) atoms. The van der Waals surface area contributed by atoms with E-state index in [1.54, 1.807) is 0 Å². The van der Waals surface area contributed by atoms with Gasteiger partial charge in [-0.25, -0.2) is 0 Å². The van der Waals surface area contributed by atoms with Crippen LogP contribution in [0.1, 0.15) is 36.5 Å². The highest BCUT2D eigenvalue weighted by Crippen LogP contribution is 2.26. The largest absolute Gasteiger partial charge is 0.192 e. The minimum absolute atomic E-state index is 0.535. The van der Waals surface area contributed by atoms with Crippen LogP contribution in [0.2, 0.25) is 0 Å². The van der Waals surface area contributed by atoms with E-state index in [-0.39, 0.29) is 0 Å². The van der Waals surface area contributed by atoms with E-state index in [0.29, 0.717) is 5.92 Å². The molecular formula is C17H17N. The predicted molar refractivity (Wildman–Crippen MR) is 75.4 cm³/mol. The average Bonchev–Trinajstić information content (AvgIpc) is 2.38. The summed E-state index contributed by atoms with van der Waals surface area (Å²) in [6, 6.07) is 16.8. The molecule has 0 aliphatic heterocycles. The Morgan fingerprint density at radius 3 is 2.22 bits per heavy atom. The van der Waals surface area contributed by atoms with Gasteiger partial charge in [-0.05, 0) is 41.2 Å². The van der Waals surface area contributed by atoms with Crippen molar-refractivity contribution in [2.75, 3.05) is 0 Å². The number of rotatable bonds is 2. The second-order valence-electron chi connectivity index (χ2n) is 4.94. The van der Waals surface area contributed by atoms with Crippen LogP contribution in [-0.2, 0) is 0 Å². The van der Waals surface area contributed by atoms with Gasteiger partial charge >= 0.3 is 0 Å². The van der Waals surface area contributed by atoms with E-state index in [4.69, 9.17) is 0 Å². The van der Waals surface area contributed by atoms with E-state index in [0.717, 1.165) is 22.3 Å². The predicted octanol–water partition coefficient (Wildman–Crippen LogP) is 4.66. The summed E-state index contributed by atoms with van der Waals surface area (Å²) in [7, 11) is 0. The Kier molecular flexibility index (Phi) is 3.48. The number of hydrogen-bond donors (Lipinski definition) is 0. The molecule has 2 aromatic carbocycles. The molecule has 0 heterocycles. The van der Waals surface area contributed by atoms with E-state index in [9.17, 15) is 5.26 Å². The van der Waals surface area contributed by atoms with Crippen molar-refractivity contribution in [3.63, 3.8) is 0 Å². The number of nitriles is 1. The highest BCUT2D eigenvalue weighted by atomic mass is 14.2. The molecule has 0 N–H and O–H groups in total. The van der Waals surface area contributed by atoms with Gasteiger partial charge in [0.25, 0.3) is 0 Å². The fraction of sp³-hybridized carbons (Fsp3) is 0.235. The van der Waals surface area contributed by atoms with Gasteiger partial charge in [-0.2, -0.15) is 5.26 Å². The van der Waals surface area contributed by atoms with Gasteiger partial charge in [0.1, 0.15) is 0 Å². The number of hydrogen-bond acceptors (Lipinski definition) is 1. The van der Waals surface area contributed by atoms with Crippen LogP contribution in [0.25, 0.3) is 11.1 Å². The molecule has 0 unspecified atom stereocenters. The lowest BCUT2D eigenvalue weighted by Gasteiger charge is -2.08. The first kappa shape index (κ1) is 12.4. The molecule has 0 spiro atoms. The highest BCUT2D eigenvalue weighted by molar-refractivity contribution is 5.71. The van der Waals surface area contributed by atoms with Gasteiger partial charge in [-0.3, -0.25) is 0 Å². The third-order valence-corrected chi connectivity index (χ3v) is 3.18. The summed E-state index contributed by atoms with van der Waals surface area (Å²) in [5.41, 5.74) is 5.31. The van der Waals surface area contributed by atoms with Crippen molar-refractivity contribution < 1.29 is 0 Å². The van der Waals surface area contributed by atoms with Gasteiger partial charge in [0.15, 0.2) is 0 Å². The molecule has 0 aromatic heterocycles. The maximum atomic E-state index is 9.20. The number of benzene rings is 2.